The first kappa shape index (κ1) is 15.6. The molecule has 1 aromatic rings. The Bertz CT molecular complexity index is 437. The average molecular weight is 258 g/mol. The van der Waals surface area contributed by atoms with E-state index in [1.165, 1.54) is 11.1 Å². The molecule has 0 N–H and O–H groups in total. The van der Waals surface area contributed by atoms with Gasteiger partial charge in [-0.05, 0) is 42.0 Å². The maximum Gasteiger partial charge on any atom is 0.119 e. The van der Waals surface area contributed by atoms with Gasteiger partial charge in [0.2, 0.25) is 0 Å². The number of hydrogen-bond acceptors (Lipinski definition) is 1. The van der Waals surface area contributed by atoms with Gasteiger partial charge in [-0.15, -0.1) is 11.8 Å². The smallest absolute Gasteiger partial charge is 0.119 e. The molecule has 1 atom stereocenters. The van der Waals surface area contributed by atoms with Crippen molar-refractivity contribution in [2.45, 2.75) is 59.3 Å². The monoisotopic (exact) mass is 258 g/mol. The highest BCUT2D eigenvalue weighted by Crippen LogP contribution is 2.27. The minimum Gasteiger partial charge on any atom is -0.494 e. The van der Waals surface area contributed by atoms with Gasteiger partial charge >= 0.3 is 0 Å². The predicted molar refractivity (Wildman–Crippen MR) is 82.7 cm³/mol. The summed E-state index contributed by atoms with van der Waals surface area (Å²) in [6, 6.07) is 6.49. The molecule has 1 nitrogen and oxygen atoms in total. The van der Waals surface area contributed by atoms with Crippen molar-refractivity contribution in [3.05, 3.63) is 29.3 Å². The first-order valence-electron chi connectivity index (χ1n) is 7.44. The zero-order valence-electron chi connectivity index (χ0n) is 12.8. The van der Waals surface area contributed by atoms with Crippen LogP contribution in [0.2, 0.25) is 0 Å². The molecule has 0 amide bonds. The molecule has 1 rings (SSSR count). The van der Waals surface area contributed by atoms with Crippen LogP contribution in [0.25, 0.3) is 0 Å². The molecule has 0 spiro atoms. The maximum absolute atomic E-state index is 5.70. The molecule has 104 valence electrons. The molecule has 0 heterocycles. The Kier molecular flexibility index (Phi) is 7.11. The second kappa shape index (κ2) is 8.64. The van der Waals surface area contributed by atoms with Gasteiger partial charge in [0.25, 0.3) is 0 Å². The minimum absolute atomic E-state index is 0.495. The fraction of sp³-hybridized carbons (Fsp3) is 0.556. The Balaban J connectivity index is 2.82. The van der Waals surface area contributed by atoms with Crippen LogP contribution >= 0.6 is 0 Å². The Morgan fingerprint density at radius 1 is 1.16 bits per heavy atom. The van der Waals surface area contributed by atoms with E-state index >= 15 is 0 Å². The van der Waals surface area contributed by atoms with E-state index in [0.29, 0.717) is 5.92 Å². The van der Waals surface area contributed by atoms with E-state index in [-0.39, 0.29) is 0 Å². The average Bonchev–Trinajstić information content (AvgIpc) is 2.44. The molecular weight excluding hydrogens is 232 g/mol. The third-order valence-corrected chi connectivity index (χ3v) is 3.21. The van der Waals surface area contributed by atoms with Gasteiger partial charge in [0.05, 0.1) is 6.61 Å². The fourth-order valence-corrected chi connectivity index (χ4v) is 2.14. The summed E-state index contributed by atoms with van der Waals surface area (Å²) in [5.74, 6) is 7.89. The Morgan fingerprint density at radius 3 is 2.58 bits per heavy atom. The predicted octanol–water partition coefficient (Wildman–Crippen LogP) is 4.94. The summed E-state index contributed by atoms with van der Waals surface area (Å²) < 4.78 is 5.70. The van der Waals surface area contributed by atoms with E-state index in [1.54, 1.807) is 0 Å². The van der Waals surface area contributed by atoms with E-state index < -0.39 is 0 Å². The Morgan fingerprint density at radius 2 is 1.95 bits per heavy atom. The van der Waals surface area contributed by atoms with Crippen LogP contribution in [-0.2, 0) is 6.42 Å². The van der Waals surface area contributed by atoms with E-state index in [0.717, 1.165) is 38.0 Å². The molecule has 0 fully saturated rings. The van der Waals surface area contributed by atoms with Crippen molar-refractivity contribution in [3.63, 3.8) is 0 Å². The van der Waals surface area contributed by atoms with Gasteiger partial charge in [0, 0.05) is 12.8 Å². The van der Waals surface area contributed by atoms with Crippen molar-refractivity contribution in [1.29, 1.82) is 0 Å². The van der Waals surface area contributed by atoms with Crippen LogP contribution in [0.15, 0.2) is 18.2 Å². The SMILES string of the molecule is CCC#CCC(C)c1ccc(OCCC)cc1CC. The molecule has 0 saturated carbocycles. The standard InChI is InChI=1S/C18H26O/c1-5-8-9-10-15(4)18-12-11-17(19-13-6-2)14-16(18)7-3/h11-12,14-15H,5-7,10,13H2,1-4H3. The Hall–Kier alpha value is -1.42. The van der Waals surface area contributed by atoms with E-state index in [1.807, 2.05) is 0 Å². The first-order chi connectivity index (χ1) is 9.22. The lowest BCUT2D eigenvalue weighted by molar-refractivity contribution is 0.317. The summed E-state index contributed by atoms with van der Waals surface area (Å²) in [4.78, 5) is 0. The third-order valence-electron chi connectivity index (χ3n) is 3.21. The summed E-state index contributed by atoms with van der Waals surface area (Å²) in [6.07, 6.45) is 3.98. The lowest BCUT2D eigenvalue weighted by Gasteiger charge is -2.15. The molecule has 1 aromatic carbocycles. The second-order valence-corrected chi connectivity index (χ2v) is 4.87. The van der Waals surface area contributed by atoms with Gasteiger partial charge in [-0.3, -0.25) is 0 Å². The number of ether oxygens (including phenoxy) is 1. The van der Waals surface area contributed by atoms with Crippen LogP contribution in [-0.4, -0.2) is 6.61 Å². The van der Waals surface area contributed by atoms with E-state index in [9.17, 15) is 0 Å². The fourth-order valence-electron chi connectivity index (χ4n) is 2.14. The molecule has 0 aromatic heterocycles. The molecule has 19 heavy (non-hydrogen) atoms. The lowest BCUT2D eigenvalue weighted by atomic mass is 9.92. The summed E-state index contributed by atoms with van der Waals surface area (Å²) >= 11 is 0. The third kappa shape index (κ3) is 4.99. The lowest BCUT2D eigenvalue weighted by Crippen LogP contribution is -2.01. The van der Waals surface area contributed by atoms with Gasteiger partial charge in [-0.1, -0.05) is 33.8 Å². The maximum atomic E-state index is 5.70. The summed E-state index contributed by atoms with van der Waals surface area (Å²) in [5.41, 5.74) is 2.80. The van der Waals surface area contributed by atoms with Gasteiger partial charge in [0.15, 0.2) is 0 Å². The number of aryl methyl sites for hydroxylation is 1. The molecule has 1 heteroatoms. The van der Waals surface area contributed by atoms with Crippen LogP contribution in [0.3, 0.4) is 0 Å². The first-order valence-corrected chi connectivity index (χ1v) is 7.44. The van der Waals surface area contributed by atoms with Crippen molar-refractivity contribution in [2.75, 3.05) is 6.61 Å². The van der Waals surface area contributed by atoms with Crippen molar-refractivity contribution >= 4 is 0 Å². The molecule has 0 saturated heterocycles. The number of hydrogen-bond donors (Lipinski definition) is 0. The van der Waals surface area contributed by atoms with Crippen molar-refractivity contribution in [2.24, 2.45) is 0 Å². The zero-order chi connectivity index (χ0) is 14.1. The van der Waals surface area contributed by atoms with E-state index in [2.05, 4.69) is 57.7 Å². The highest BCUT2D eigenvalue weighted by atomic mass is 16.5. The second-order valence-electron chi connectivity index (χ2n) is 4.87. The molecule has 0 aliphatic rings. The highest BCUT2D eigenvalue weighted by molar-refractivity contribution is 5.38. The number of benzene rings is 1. The minimum atomic E-state index is 0.495. The van der Waals surface area contributed by atoms with Crippen LogP contribution < -0.4 is 4.74 Å². The topological polar surface area (TPSA) is 9.23 Å². The van der Waals surface area contributed by atoms with Crippen molar-refractivity contribution in [3.8, 4) is 17.6 Å². The van der Waals surface area contributed by atoms with Gasteiger partial charge in [-0.25, -0.2) is 0 Å². The van der Waals surface area contributed by atoms with Crippen LogP contribution in [0.1, 0.15) is 64.0 Å². The molecule has 0 bridgehead atoms. The molecule has 0 aliphatic carbocycles. The Labute approximate surface area is 118 Å². The van der Waals surface area contributed by atoms with Gasteiger partial charge < -0.3 is 4.74 Å². The van der Waals surface area contributed by atoms with Crippen molar-refractivity contribution in [1.82, 2.24) is 0 Å². The van der Waals surface area contributed by atoms with Crippen LogP contribution in [0, 0.1) is 11.8 Å². The summed E-state index contributed by atoms with van der Waals surface area (Å²) in [7, 11) is 0. The van der Waals surface area contributed by atoms with Crippen LogP contribution in [0.4, 0.5) is 0 Å². The molecule has 0 aliphatic heterocycles. The van der Waals surface area contributed by atoms with Gasteiger partial charge in [-0.2, -0.15) is 0 Å². The molecular formula is C18H26O. The molecule has 1 unspecified atom stereocenters. The summed E-state index contributed by atoms with van der Waals surface area (Å²) in [5, 5.41) is 0. The quantitative estimate of drug-likeness (QED) is 0.656. The normalized spacial score (nSPS) is 11.6. The number of rotatable bonds is 6. The highest BCUT2D eigenvalue weighted by Gasteiger charge is 2.10. The zero-order valence-corrected chi connectivity index (χ0v) is 12.8. The van der Waals surface area contributed by atoms with Crippen LogP contribution in [0.5, 0.6) is 5.75 Å². The van der Waals surface area contributed by atoms with Gasteiger partial charge in [0.1, 0.15) is 5.75 Å². The van der Waals surface area contributed by atoms with Crippen molar-refractivity contribution < 1.29 is 4.74 Å². The molecule has 0 radical (unpaired) electrons. The van der Waals surface area contributed by atoms with E-state index in [4.69, 9.17) is 4.74 Å². The summed E-state index contributed by atoms with van der Waals surface area (Å²) in [6.45, 7) is 9.47. The largest absolute Gasteiger partial charge is 0.494 e.